The monoisotopic (exact) mass is 401 g/mol. The van der Waals surface area contributed by atoms with Crippen molar-refractivity contribution < 1.29 is 22.3 Å². The zero-order valence-corrected chi connectivity index (χ0v) is 16.4. The SMILES string of the molecule is COc1ccc2cccc(CCN(C(C)=O)S(=O)(=O)c3ccc(F)cc3)c2c1. The lowest BCUT2D eigenvalue weighted by atomic mass is 10.0. The fraction of sp³-hybridized carbons (Fsp3) is 0.190. The number of halogens is 1. The van der Waals surface area contributed by atoms with Gasteiger partial charge in [-0.2, -0.15) is 0 Å². The van der Waals surface area contributed by atoms with Crippen LogP contribution in [0.1, 0.15) is 12.5 Å². The summed E-state index contributed by atoms with van der Waals surface area (Å²) in [6, 6.07) is 15.8. The third-order valence-electron chi connectivity index (χ3n) is 4.52. The van der Waals surface area contributed by atoms with E-state index in [0.29, 0.717) is 12.2 Å². The van der Waals surface area contributed by atoms with Crippen LogP contribution in [-0.4, -0.2) is 32.3 Å². The van der Waals surface area contributed by atoms with Gasteiger partial charge in [-0.25, -0.2) is 17.1 Å². The molecule has 5 nitrogen and oxygen atoms in total. The minimum absolute atomic E-state index is 0.0225. The third-order valence-corrected chi connectivity index (χ3v) is 6.40. The van der Waals surface area contributed by atoms with E-state index in [1.54, 1.807) is 7.11 Å². The topological polar surface area (TPSA) is 63.7 Å². The second kappa shape index (κ2) is 7.98. The zero-order valence-electron chi connectivity index (χ0n) is 15.6. The summed E-state index contributed by atoms with van der Waals surface area (Å²) < 4.78 is 44.9. The Bertz CT molecular complexity index is 1110. The Balaban J connectivity index is 1.91. The van der Waals surface area contributed by atoms with Crippen LogP contribution in [-0.2, 0) is 21.2 Å². The van der Waals surface area contributed by atoms with Crippen molar-refractivity contribution in [1.29, 1.82) is 0 Å². The molecule has 0 aliphatic heterocycles. The summed E-state index contributed by atoms with van der Waals surface area (Å²) >= 11 is 0. The molecule has 0 saturated carbocycles. The lowest BCUT2D eigenvalue weighted by Gasteiger charge is -2.21. The van der Waals surface area contributed by atoms with Crippen LogP contribution in [0.5, 0.6) is 5.75 Å². The van der Waals surface area contributed by atoms with Crippen LogP contribution >= 0.6 is 0 Å². The molecule has 0 heterocycles. The van der Waals surface area contributed by atoms with E-state index in [-0.39, 0.29) is 11.4 Å². The first-order valence-corrected chi connectivity index (χ1v) is 10.1. The van der Waals surface area contributed by atoms with Crippen LogP contribution in [0.25, 0.3) is 10.8 Å². The number of sulfonamides is 1. The van der Waals surface area contributed by atoms with Crippen LogP contribution < -0.4 is 4.74 Å². The molecule has 146 valence electrons. The first-order chi connectivity index (χ1) is 13.3. The minimum atomic E-state index is -4.06. The predicted octanol–water partition coefficient (Wildman–Crippen LogP) is 3.77. The van der Waals surface area contributed by atoms with Crippen molar-refractivity contribution in [2.45, 2.75) is 18.2 Å². The molecule has 0 saturated heterocycles. The second-order valence-corrected chi connectivity index (χ2v) is 8.17. The number of nitrogens with zero attached hydrogens (tertiary/aromatic N) is 1. The number of hydrogen-bond donors (Lipinski definition) is 0. The van der Waals surface area contributed by atoms with Gasteiger partial charge in [-0.1, -0.05) is 24.3 Å². The normalized spacial score (nSPS) is 11.4. The van der Waals surface area contributed by atoms with Crippen molar-refractivity contribution in [3.63, 3.8) is 0 Å². The van der Waals surface area contributed by atoms with Crippen molar-refractivity contribution in [3.05, 3.63) is 72.0 Å². The van der Waals surface area contributed by atoms with Crippen LogP contribution in [0.3, 0.4) is 0 Å². The van der Waals surface area contributed by atoms with E-state index in [1.807, 2.05) is 36.4 Å². The van der Waals surface area contributed by atoms with Gasteiger partial charge in [-0.05, 0) is 59.2 Å². The first-order valence-electron chi connectivity index (χ1n) is 8.67. The maximum Gasteiger partial charge on any atom is 0.266 e. The molecule has 0 N–H and O–H groups in total. The molecule has 3 aromatic rings. The maximum atomic E-state index is 13.1. The van der Waals surface area contributed by atoms with Gasteiger partial charge in [0.15, 0.2) is 0 Å². The Labute approximate surface area is 163 Å². The predicted molar refractivity (Wildman–Crippen MR) is 105 cm³/mol. The summed E-state index contributed by atoms with van der Waals surface area (Å²) in [5, 5.41) is 1.93. The van der Waals surface area contributed by atoms with Gasteiger partial charge in [0.2, 0.25) is 5.91 Å². The van der Waals surface area contributed by atoms with Gasteiger partial charge in [-0.15, -0.1) is 0 Å². The van der Waals surface area contributed by atoms with E-state index >= 15 is 0 Å². The highest BCUT2D eigenvalue weighted by atomic mass is 32.2. The number of ether oxygens (including phenoxy) is 1. The number of rotatable bonds is 6. The van der Waals surface area contributed by atoms with E-state index < -0.39 is 21.7 Å². The van der Waals surface area contributed by atoms with E-state index in [0.717, 1.165) is 44.9 Å². The van der Waals surface area contributed by atoms with Gasteiger partial charge >= 0.3 is 0 Å². The molecule has 0 aliphatic carbocycles. The molecule has 1 amide bonds. The second-order valence-electron chi connectivity index (χ2n) is 6.30. The molecule has 0 fully saturated rings. The van der Waals surface area contributed by atoms with Gasteiger partial charge in [0, 0.05) is 13.5 Å². The molecule has 3 rings (SSSR count). The number of benzene rings is 3. The Hall–Kier alpha value is -2.93. The Morgan fingerprint density at radius 3 is 2.43 bits per heavy atom. The average Bonchev–Trinajstić information content (AvgIpc) is 2.67. The van der Waals surface area contributed by atoms with E-state index in [1.165, 1.54) is 6.92 Å². The van der Waals surface area contributed by atoms with Crippen LogP contribution in [0.15, 0.2) is 65.6 Å². The standard InChI is InChI=1S/C21H20FNO4S/c1-15(24)23(28(25,26)20-10-7-18(22)8-11-20)13-12-17-5-3-4-16-6-9-19(27-2)14-21(16)17/h3-11,14H,12-13H2,1-2H3. The molecule has 0 radical (unpaired) electrons. The molecular formula is C21H20FNO4S. The summed E-state index contributed by atoms with van der Waals surface area (Å²) in [5.74, 6) is -0.442. The third kappa shape index (κ3) is 3.99. The number of fused-ring (bicyclic) bond motifs is 1. The Morgan fingerprint density at radius 1 is 1.07 bits per heavy atom. The van der Waals surface area contributed by atoms with Crippen molar-refractivity contribution in [2.24, 2.45) is 0 Å². The molecule has 0 spiro atoms. The molecule has 0 bridgehead atoms. The van der Waals surface area contributed by atoms with Gasteiger partial charge in [0.25, 0.3) is 10.0 Å². The number of hydrogen-bond acceptors (Lipinski definition) is 4. The maximum absolute atomic E-state index is 13.1. The number of amides is 1. The van der Waals surface area contributed by atoms with Crippen LogP contribution in [0, 0.1) is 5.82 Å². The lowest BCUT2D eigenvalue weighted by molar-refractivity contribution is -0.124. The molecule has 0 aromatic heterocycles. The quantitative estimate of drug-likeness (QED) is 0.631. The minimum Gasteiger partial charge on any atom is -0.497 e. The lowest BCUT2D eigenvalue weighted by Crippen LogP contribution is -2.36. The number of methoxy groups -OCH3 is 1. The molecule has 28 heavy (non-hydrogen) atoms. The summed E-state index contributed by atoms with van der Waals surface area (Å²) in [4.78, 5) is 11.9. The smallest absolute Gasteiger partial charge is 0.266 e. The Morgan fingerprint density at radius 2 is 1.79 bits per heavy atom. The molecule has 3 aromatic carbocycles. The van der Waals surface area contributed by atoms with Crippen molar-refractivity contribution in [2.75, 3.05) is 13.7 Å². The molecule has 0 atom stereocenters. The summed E-state index contributed by atoms with van der Waals surface area (Å²) in [6.07, 6.45) is 0.338. The van der Waals surface area contributed by atoms with E-state index in [2.05, 4.69) is 0 Å². The fourth-order valence-corrected chi connectivity index (χ4v) is 4.47. The summed E-state index contributed by atoms with van der Waals surface area (Å²) in [6.45, 7) is 1.18. The number of carbonyl (C=O) groups excluding carboxylic acids is 1. The van der Waals surface area contributed by atoms with Gasteiger partial charge in [-0.3, -0.25) is 4.79 Å². The van der Waals surface area contributed by atoms with Crippen LogP contribution in [0.2, 0.25) is 0 Å². The van der Waals surface area contributed by atoms with Gasteiger partial charge < -0.3 is 4.74 Å². The highest BCUT2D eigenvalue weighted by Gasteiger charge is 2.26. The fourth-order valence-electron chi connectivity index (χ4n) is 3.06. The van der Waals surface area contributed by atoms with Gasteiger partial charge in [0.1, 0.15) is 11.6 Å². The molecule has 0 aliphatic rings. The summed E-state index contributed by atoms with van der Waals surface area (Å²) in [7, 11) is -2.48. The Kier molecular flexibility index (Phi) is 5.65. The van der Waals surface area contributed by atoms with Crippen molar-refractivity contribution >= 4 is 26.7 Å². The van der Waals surface area contributed by atoms with Gasteiger partial charge in [0.05, 0.1) is 12.0 Å². The zero-order chi connectivity index (χ0) is 20.3. The number of carbonyl (C=O) groups is 1. The molecule has 7 heteroatoms. The van der Waals surface area contributed by atoms with Crippen molar-refractivity contribution in [1.82, 2.24) is 4.31 Å². The summed E-state index contributed by atoms with van der Waals surface area (Å²) in [5.41, 5.74) is 0.900. The van der Waals surface area contributed by atoms with E-state index in [4.69, 9.17) is 4.74 Å². The first kappa shape index (κ1) is 19.8. The molecular weight excluding hydrogens is 381 g/mol. The highest BCUT2D eigenvalue weighted by Crippen LogP contribution is 2.25. The largest absolute Gasteiger partial charge is 0.497 e. The average molecular weight is 401 g/mol. The molecule has 0 unspecified atom stereocenters. The highest BCUT2D eigenvalue weighted by molar-refractivity contribution is 7.89. The van der Waals surface area contributed by atoms with Crippen molar-refractivity contribution in [3.8, 4) is 5.75 Å². The van der Waals surface area contributed by atoms with Crippen LogP contribution in [0.4, 0.5) is 4.39 Å². The van der Waals surface area contributed by atoms with E-state index in [9.17, 15) is 17.6 Å².